The van der Waals surface area contributed by atoms with Crippen LogP contribution in [0.15, 0.2) is 44.3 Å². The van der Waals surface area contributed by atoms with Gasteiger partial charge in [-0.2, -0.15) is 0 Å². The molecule has 1 saturated heterocycles. The first kappa shape index (κ1) is 21.5. The lowest BCUT2D eigenvalue weighted by molar-refractivity contribution is 0.434. The maximum atomic E-state index is 13.0. The first-order chi connectivity index (χ1) is 15.6. The van der Waals surface area contributed by atoms with Gasteiger partial charge < -0.3 is 14.2 Å². The van der Waals surface area contributed by atoms with Crippen LogP contribution in [0.1, 0.15) is 46.1 Å². The van der Waals surface area contributed by atoms with Crippen molar-refractivity contribution in [2.24, 2.45) is 5.92 Å². The molecule has 172 valence electrons. The fraction of sp³-hybridized carbons (Fsp3) is 0.423. The molecule has 0 radical (unpaired) electrons. The molecule has 0 bridgehead atoms. The van der Waals surface area contributed by atoms with Gasteiger partial charge in [0.2, 0.25) is 5.95 Å². The number of hydrogen-bond donors (Lipinski definition) is 1. The molecule has 4 heterocycles. The van der Waals surface area contributed by atoms with E-state index in [0.29, 0.717) is 28.7 Å². The van der Waals surface area contributed by atoms with E-state index in [9.17, 15) is 9.59 Å². The number of nitrogens with zero attached hydrogens (tertiary/aromatic N) is 3. The predicted molar refractivity (Wildman–Crippen MR) is 133 cm³/mol. The van der Waals surface area contributed by atoms with Crippen molar-refractivity contribution in [3.05, 3.63) is 56.7 Å². The zero-order chi connectivity index (χ0) is 23.5. The minimum absolute atomic E-state index is 0.136. The highest BCUT2D eigenvalue weighted by molar-refractivity contribution is 5.92. The van der Waals surface area contributed by atoms with Gasteiger partial charge in [0.1, 0.15) is 5.58 Å². The van der Waals surface area contributed by atoms with E-state index >= 15 is 0 Å². The Labute approximate surface area is 192 Å². The van der Waals surface area contributed by atoms with Crippen molar-refractivity contribution in [1.82, 2.24) is 9.97 Å². The minimum Gasteiger partial charge on any atom is -0.422 e. The summed E-state index contributed by atoms with van der Waals surface area (Å²) in [5.74, 6) is 1.17. The average Bonchev–Trinajstić information content (AvgIpc) is 2.76. The summed E-state index contributed by atoms with van der Waals surface area (Å²) in [6.07, 6.45) is 4.34. The summed E-state index contributed by atoms with van der Waals surface area (Å²) >= 11 is 0. The van der Waals surface area contributed by atoms with Crippen LogP contribution in [0.5, 0.6) is 0 Å². The average molecular weight is 447 g/mol. The van der Waals surface area contributed by atoms with Crippen molar-refractivity contribution >= 4 is 28.2 Å². The molecular formula is C26H30N4O3. The van der Waals surface area contributed by atoms with Crippen LogP contribution in [0.25, 0.3) is 27.8 Å². The number of fused-ring (bicyclic) bond motifs is 2. The van der Waals surface area contributed by atoms with Gasteiger partial charge in [0.25, 0.3) is 5.56 Å². The lowest BCUT2D eigenvalue weighted by Crippen LogP contribution is -2.42. The molecule has 1 aromatic carbocycles. The number of likely N-dealkylation sites (N-methyl/N-ethyl adjacent to an activating group) is 1. The van der Waals surface area contributed by atoms with E-state index in [1.165, 1.54) is 11.6 Å². The number of piperidine rings is 1. The highest BCUT2D eigenvalue weighted by Crippen LogP contribution is 2.40. The van der Waals surface area contributed by atoms with Gasteiger partial charge >= 0.3 is 5.63 Å². The molecule has 5 rings (SSSR count). The molecule has 2 aliphatic heterocycles. The molecule has 0 saturated carbocycles. The van der Waals surface area contributed by atoms with Gasteiger partial charge in [-0.3, -0.25) is 9.78 Å². The smallest absolute Gasteiger partial charge is 0.345 e. The topological polar surface area (TPSA) is 82.4 Å². The molecule has 7 nitrogen and oxygen atoms in total. The number of aromatic nitrogens is 2. The molecule has 2 aromatic heterocycles. The van der Waals surface area contributed by atoms with Crippen LogP contribution in [-0.2, 0) is 0 Å². The van der Waals surface area contributed by atoms with Crippen molar-refractivity contribution in [3.63, 3.8) is 0 Å². The lowest BCUT2D eigenvalue weighted by Gasteiger charge is -2.40. The van der Waals surface area contributed by atoms with Gasteiger partial charge in [-0.25, -0.2) is 9.78 Å². The van der Waals surface area contributed by atoms with Crippen LogP contribution in [0.4, 0.5) is 11.6 Å². The number of rotatable bonds is 2. The molecule has 1 N–H and O–H groups in total. The Morgan fingerprint density at radius 3 is 2.52 bits per heavy atom. The van der Waals surface area contributed by atoms with Gasteiger partial charge in [-0.05, 0) is 57.2 Å². The Morgan fingerprint density at radius 2 is 1.79 bits per heavy atom. The second kappa shape index (κ2) is 7.61. The van der Waals surface area contributed by atoms with E-state index in [1.807, 2.05) is 13.1 Å². The number of allylic oxidation sites excluding steroid dienone is 1. The minimum atomic E-state index is -0.497. The SMILES string of the molecule is CC1=CC(C)(C)N(C)c2cc3oc(=O)c(-c4cc(=O)[nH]c(N5CCC(C)CC5)n4)cc3cc21. The van der Waals surface area contributed by atoms with Crippen molar-refractivity contribution in [2.45, 2.75) is 46.1 Å². The maximum absolute atomic E-state index is 13.0. The molecule has 1 fully saturated rings. The number of H-pyrrole nitrogens is 1. The largest absolute Gasteiger partial charge is 0.422 e. The molecular weight excluding hydrogens is 416 g/mol. The van der Waals surface area contributed by atoms with Gasteiger partial charge in [0.15, 0.2) is 0 Å². The third kappa shape index (κ3) is 3.75. The Morgan fingerprint density at radius 1 is 1.09 bits per heavy atom. The fourth-order valence-corrected chi connectivity index (χ4v) is 4.90. The second-order valence-electron chi connectivity index (χ2n) is 10.0. The van der Waals surface area contributed by atoms with E-state index < -0.39 is 5.63 Å². The summed E-state index contributed by atoms with van der Waals surface area (Å²) in [6.45, 7) is 10.3. The summed E-state index contributed by atoms with van der Waals surface area (Å²) in [4.78, 5) is 37.1. The van der Waals surface area contributed by atoms with Gasteiger partial charge in [0, 0.05) is 48.9 Å². The van der Waals surface area contributed by atoms with Crippen LogP contribution in [0.3, 0.4) is 0 Å². The number of nitrogens with one attached hydrogen (secondary N) is 1. The van der Waals surface area contributed by atoms with Crippen LogP contribution >= 0.6 is 0 Å². The molecule has 3 aromatic rings. The van der Waals surface area contributed by atoms with Gasteiger partial charge in [-0.15, -0.1) is 0 Å². The summed E-state index contributed by atoms with van der Waals surface area (Å²) in [5.41, 5.74) is 3.56. The van der Waals surface area contributed by atoms with Crippen LogP contribution in [-0.4, -0.2) is 35.6 Å². The zero-order valence-corrected chi connectivity index (χ0v) is 19.9. The van der Waals surface area contributed by atoms with E-state index in [-0.39, 0.29) is 11.1 Å². The zero-order valence-electron chi connectivity index (χ0n) is 19.9. The van der Waals surface area contributed by atoms with Crippen molar-refractivity contribution in [2.75, 3.05) is 29.9 Å². The fourth-order valence-electron chi connectivity index (χ4n) is 4.90. The normalized spacial score (nSPS) is 18.4. The third-order valence-corrected chi connectivity index (χ3v) is 7.16. The molecule has 33 heavy (non-hydrogen) atoms. The summed E-state index contributed by atoms with van der Waals surface area (Å²) in [5, 5.41) is 0.805. The van der Waals surface area contributed by atoms with Gasteiger partial charge in [0.05, 0.1) is 16.8 Å². The van der Waals surface area contributed by atoms with Crippen molar-refractivity contribution < 1.29 is 4.42 Å². The van der Waals surface area contributed by atoms with Crippen LogP contribution in [0.2, 0.25) is 0 Å². The van der Waals surface area contributed by atoms with E-state index in [1.54, 1.807) is 6.07 Å². The highest BCUT2D eigenvalue weighted by Gasteiger charge is 2.29. The molecule has 2 aliphatic rings. The Hall–Kier alpha value is -3.35. The third-order valence-electron chi connectivity index (χ3n) is 7.16. The van der Waals surface area contributed by atoms with E-state index in [0.717, 1.165) is 42.6 Å². The lowest BCUT2D eigenvalue weighted by atomic mass is 9.88. The second-order valence-corrected chi connectivity index (χ2v) is 10.0. The van der Waals surface area contributed by atoms with Crippen molar-refractivity contribution in [1.29, 1.82) is 0 Å². The van der Waals surface area contributed by atoms with Crippen LogP contribution in [0, 0.1) is 5.92 Å². The first-order valence-corrected chi connectivity index (χ1v) is 11.5. The molecule has 0 unspecified atom stereocenters. The Bertz CT molecular complexity index is 1390. The summed E-state index contributed by atoms with van der Waals surface area (Å²) < 4.78 is 5.74. The Balaban J connectivity index is 1.62. The maximum Gasteiger partial charge on any atom is 0.345 e. The molecule has 0 aliphatic carbocycles. The predicted octanol–water partition coefficient (Wildman–Crippen LogP) is 4.41. The number of anilines is 2. The highest BCUT2D eigenvalue weighted by atomic mass is 16.4. The number of benzene rings is 1. The monoisotopic (exact) mass is 446 g/mol. The van der Waals surface area contributed by atoms with Crippen LogP contribution < -0.4 is 21.0 Å². The molecule has 0 amide bonds. The van der Waals surface area contributed by atoms with Crippen molar-refractivity contribution in [3.8, 4) is 11.3 Å². The molecule has 0 spiro atoms. The van der Waals surface area contributed by atoms with E-state index in [2.05, 4.69) is 59.6 Å². The molecule has 7 heteroatoms. The standard InChI is InChI=1S/C26H30N4O3/c1-15-6-8-30(9-7-15)25-27-20(12-23(31)28-25)19-11-17-10-18-16(2)14-26(3,4)29(5)21(18)13-22(17)33-24(19)32/h10-15H,6-9H2,1-5H3,(H,27,28,31). The van der Waals surface area contributed by atoms with E-state index in [4.69, 9.17) is 4.42 Å². The quantitative estimate of drug-likeness (QED) is 0.587. The number of hydrogen-bond acceptors (Lipinski definition) is 6. The van der Waals surface area contributed by atoms with Gasteiger partial charge in [-0.1, -0.05) is 13.0 Å². The summed E-state index contributed by atoms with van der Waals surface area (Å²) in [7, 11) is 2.04. The first-order valence-electron chi connectivity index (χ1n) is 11.5. The summed E-state index contributed by atoms with van der Waals surface area (Å²) in [6, 6.07) is 7.14. The number of aromatic amines is 1. The molecule has 0 atom stereocenters. The Kier molecular flexibility index (Phi) is 4.96.